The Hall–Kier alpha value is -0.870. The molecule has 0 spiro atoms. The highest BCUT2D eigenvalue weighted by molar-refractivity contribution is 9.10. The Morgan fingerprint density at radius 3 is 2.68 bits per heavy atom. The zero-order valence-corrected chi connectivity index (χ0v) is 13.0. The maximum Gasteiger partial charge on any atom is 0.327 e. The average molecular weight is 326 g/mol. The molecule has 1 aromatic rings. The lowest BCUT2D eigenvalue weighted by Gasteiger charge is -2.21. The molecule has 1 aliphatic carbocycles. The Labute approximate surface area is 122 Å². The first kappa shape index (κ1) is 14.5. The zero-order valence-electron chi connectivity index (χ0n) is 11.4. The second-order valence-electron chi connectivity index (χ2n) is 5.11. The molecule has 0 heterocycles. The number of halogens is 1. The average Bonchev–Trinajstić information content (AvgIpc) is 2.91. The molecule has 19 heavy (non-hydrogen) atoms. The molecule has 1 aliphatic rings. The molecule has 0 bridgehead atoms. The van der Waals surface area contributed by atoms with E-state index >= 15 is 0 Å². The first-order valence-electron chi connectivity index (χ1n) is 6.71. The van der Waals surface area contributed by atoms with Gasteiger partial charge in [0.2, 0.25) is 0 Å². The molecular formula is C15H20BrNO2. The number of nitrogens with one attached hydrogen (secondary N) is 1. The van der Waals surface area contributed by atoms with E-state index in [-0.39, 0.29) is 12.0 Å². The number of methoxy groups -OCH3 is 1. The predicted octanol–water partition coefficient (Wildman–Crippen LogP) is 3.50. The van der Waals surface area contributed by atoms with Crippen molar-refractivity contribution in [1.82, 2.24) is 5.32 Å². The predicted molar refractivity (Wildman–Crippen MR) is 79.0 cm³/mol. The van der Waals surface area contributed by atoms with Crippen LogP contribution >= 0.6 is 15.9 Å². The second kappa shape index (κ2) is 6.53. The van der Waals surface area contributed by atoms with Gasteiger partial charge in [0.15, 0.2) is 0 Å². The van der Waals surface area contributed by atoms with E-state index in [0.29, 0.717) is 6.04 Å². The number of carbonyl (C=O) groups excluding carboxylic acids is 1. The summed E-state index contributed by atoms with van der Waals surface area (Å²) in [5.41, 5.74) is 2.10. The van der Waals surface area contributed by atoms with E-state index in [2.05, 4.69) is 21.2 Å². The van der Waals surface area contributed by atoms with Gasteiger partial charge < -0.3 is 4.74 Å². The van der Waals surface area contributed by atoms with E-state index in [1.807, 2.05) is 25.1 Å². The van der Waals surface area contributed by atoms with E-state index in [1.54, 1.807) is 0 Å². The van der Waals surface area contributed by atoms with Gasteiger partial charge in [0, 0.05) is 10.5 Å². The van der Waals surface area contributed by atoms with E-state index in [4.69, 9.17) is 4.74 Å². The smallest absolute Gasteiger partial charge is 0.327 e. The Balaban J connectivity index is 2.20. The number of carbonyl (C=O) groups is 1. The van der Waals surface area contributed by atoms with Gasteiger partial charge in [0.05, 0.1) is 7.11 Å². The van der Waals surface area contributed by atoms with Crippen molar-refractivity contribution in [3.05, 3.63) is 33.8 Å². The third-order valence-electron chi connectivity index (χ3n) is 3.71. The maximum atomic E-state index is 12.0. The van der Waals surface area contributed by atoms with Crippen molar-refractivity contribution in [3.8, 4) is 0 Å². The minimum atomic E-state index is -0.361. The number of ether oxygens (including phenoxy) is 1. The molecule has 1 saturated carbocycles. The molecule has 1 atom stereocenters. The third kappa shape index (κ3) is 3.57. The van der Waals surface area contributed by atoms with Gasteiger partial charge in [-0.05, 0) is 37.0 Å². The van der Waals surface area contributed by atoms with Crippen molar-refractivity contribution >= 4 is 21.9 Å². The number of hydrogen-bond donors (Lipinski definition) is 1. The molecule has 1 aromatic carbocycles. The summed E-state index contributed by atoms with van der Waals surface area (Å²) in [5, 5.41) is 3.44. The van der Waals surface area contributed by atoms with Gasteiger partial charge in [0.1, 0.15) is 6.04 Å². The van der Waals surface area contributed by atoms with Crippen molar-refractivity contribution in [2.24, 2.45) is 0 Å². The van der Waals surface area contributed by atoms with Crippen molar-refractivity contribution in [3.63, 3.8) is 0 Å². The number of benzene rings is 1. The summed E-state index contributed by atoms with van der Waals surface area (Å²) in [6, 6.07) is 6.05. The fourth-order valence-corrected chi connectivity index (χ4v) is 2.84. The monoisotopic (exact) mass is 325 g/mol. The van der Waals surface area contributed by atoms with Gasteiger partial charge in [0.25, 0.3) is 0 Å². The highest BCUT2D eigenvalue weighted by Crippen LogP contribution is 2.25. The molecule has 2 rings (SSSR count). The van der Waals surface area contributed by atoms with Crippen molar-refractivity contribution < 1.29 is 9.53 Å². The standard InChI is InChI=1S/C15H20BrNO2/c1-10-9-11(7-8-13(10)16)14(15(18)19-2)17-12-5-3-4-6-12/h7-9,12,14,17H,3-6H2,1-2H3. The van der Waals surface area contributed by atoms with E-state index < -0.39 is 0 Å². The summed E-state index contributed by atoms with van der Waals surface area (Å²) in [4.78, 5) is 12.0. The quantitative estimate of drug-likeness (QED) is 0.861. The molecule has 1 fully saturated rings. The number of esters is 1. The molecule has 4 heteroatoms. The summed E-state index contributed by atoms with van der Waals surface area (Å²) in [7, 11) is 1.44. The van der Waals surface area contributed by atoms with Gasteiger partial charge in [-0.25, -0.2) is 4.79 Å². The van der Waals surface area contributed by atoms with Crippen molar-refractivity contribution in [2.45, 2.75) is 44.7 Å². The Kier molecular flexibility index (Phi) is 4.99. The van der Waals surface area contributed by atoms with Gasteiger partial charge >= 0.3 is 5.97 Å². The fourth-order valence-electron chi connectivity index (χ4n) is 2.59. The molecule has 3 nitrogen and oxygen atoms in total. The van der Waals surface area contributed by atoms with Crippen LogP contribution in [0.25, 0.3) is 0 Å². The summed E-state index contributed by atoms with van der Waals surface area (Å²) in [6.07, 6.45) is 4.77. The second-order valence-corrected chi connectivity index (χ2v) is 5.97. The number of hydrogen-bond acceptors (Lipinski definition) is 3. The molecule has 1 N–H and O–H groups in total. The Morgan fingerprint density at radius 1 is 1.42 bits per heavy atom. The van der Waals surface area contributed by atoms with Crippen LogP contribution in [-0.4, -0.2) is 19.1 Å². The highest BCUT2D eigenvalue weighted by Gasteiger charge is 2.26. The van der Waals surface area contributed by atoms with Gasteiger partial charge in [-0.1, -0.05) is 40.9 Å². The molecule has 0 saturated heterocycles. The molecule has 104 valence electrons. The minimum Gasteiger partial charge on any atom is -0.468 e. The normalized spacial score (nSPS) is 17.4. The number of rotatable bonds is 4. The highest BCUT2D eigenvalue weighted by atomic mass is 79.9. The van der Waals surface area contributed by atoms with Gasteiger partial charge in [-0.3, -0.25) is 5.32 Å². The SMILES string of the molecule is COC(=O)C(NC1CCCC1)c1ccc(Br)c(C)c1. The first-order chi connectivity index (χ1) is 9.11. The zero-order chi connectivity index (χ0) is 13.8. The van der Waals surface area contributed by atoms with Crippen LogP contribution < -0.4 is 5.32 Å². The first-order valence-corrected chi connectivity index (χ1v) is 7.51. The molecule has 0 amide bonds. The topological polar surface area (TPSA) is 38.3 Å². The van der Waals surface area contributed by atoms with Crippen molar-refractivity contribution in [1.29, 1.82) is 0 Å². The Bertz CT molecular complexity index is 455. The van der Waals surface area contributed by atoms with Crippen LogP contribution in [-0.2, 0) is 9.53 Å². The van der Waals surface area contributed by atoms with Crippen LogP contribution in [0, 0.1) is 6.92 Å². The van der Waals surface area contributed by atoms with E-state index in [9.17, 15) is 4.79 Å². The van der Waals surface area contributed by atoms with Gasteiger partial charge in [-0.15, -0.1) is 0 Å². The van der Waals surface area contributed by atoms with Crippen LogP contribution in [0.4, 0.5) is 0 Å². The lowest BCUT2D eigenvalue weighted by atomic mass is 10.0. The molecular weight excluding hydrogens is 306 g/mol. The fraction of sp³-hybridized carbons (Fsp3) is 0.533. The largest absolute Gasteiger partial charge is 0.468 e. The maximum absolute atomic E-state index is 12.0. The lowest BCUT2D eigenvalue weighted by Crippen LogP contribution is -2.36. The molecule has 0 radical (unpaired) electrons. The Morgan fingerprint density at radius 2 is 2.11 bits per heavy atom. The van der Waals surface area contributed by atoms with Crippen LogP contribution in [0.3, 0.4) is 0 Å². The third-order valence-corrected chi connectivity index (χ3v) is 4.60. The van der Waals surface area contributed by atoms with Crippen LogP contribution in [0.5, 0.6) is 0 Å². The lowest BCUT2D eigenvalue weighted by molar-refractivity contribution is -0.143. The molecule has 0 aromatic heterocycles. The number of aryl methyl sites for hydroxylation is 1. The van der Waals surface area contributed by atoms with Crippen molar-refractivity contribution in [2.75, 3.05) is 7.11 Å². The van der Waals surface area contributed by atoms with E-state index in [0.717, 1.165) is 28.4 Å². The minimum absolute atomic E-state index is 0.214. The summed E-state index contributed by atoms with van der Waals surface area (Å²) in [5.74, 6) is -0.214. The summed E-state index contributed by atoms with van der Waals surface area (Å²) >= 11 is 3.48. The van der Waals surface area contributed by atoms with Crippen LogP contribution in [0.1, 0.15) is 42.9 Å². The summed E-state index contributed by atoms with van der Waals surface area (Å²) in [6.45, 7) is 2.03. The van der Waals surface area contributed by atoms with Crippen LogP contribution in [0.2, 0.25) is 0 Å². The molecule has 0 aliphatic heterocycles. The van der Waals surface area contributed by atoms with Crippen LogP contribution in [0.15, 0.2) is 22.7 Å². The molecule has 1 unspecified atom stereocenters. The van der Waals surface area contributed by atoms with Gasteiger partial charge in [-0.2, -0.15) is 0 Å². The van der Waals surface area contributed by atoms with E-state index in [1.165, 1.54) is 20.0 Å². The summed E-state index contributed by atoms with van der Waals surface area (Å²) < 4.78 is 5.99.